The van der Waals surface area contributed by atoms with E-state index in [1.54, 1.807) is 0 Å². The number of aryl methyl sites for hydroxylation is 1. The maximum Gasteiger partial charge on any atom is 0.272 e. The number of carbonyl (C=O) groups is 1. The van der Waals surface area contributed by atoms with Crippen LogP contribution in [0.25, 0.3) is 0 Å². The Morgan fingerprint density at radius 3 is 2.72 bits per heavy atom. The van der Waals surface area contributed by atoms with Crippen molar-refractivity contribution in [3.05, 3.63) is 17.0 Å². The van der Waals surface area contributed by atoms with Crippen molar-refractivity contribution < 1.29 is 9.90 Å². The fourth-order valence-electron chi connectivity index (χ4n) is 1.94. The van der Waals surface area contributed by atoms with Gasteiger partial charge in [-0.25, -0.2) is 0 Å². The fraction of sp³-hybridized carbons (Fsp3) is 0.636. The number of nitrogens with zero attached hydrogens (tertiary/aromatic N) is 1. The summed E-state index contributed by atoms with van der Waals surface area (Å²) in [6.07, 6.45) is -0.377. The monoisotopic (exact) mass is 274 g/mol. The van der Waals surface area contributed by atoms with Crippen LogP contribution < -0.4 is 10.6 Å². The maximum atomic E-state index is 11.8. The number of β-amino-alcohol motifs (C(OH)–C–C–N with tert-alkyl or cyclic N) is 1. The zero-order chi connectivity index (χ0) is 12.4. The smallest absolute Gasteiger partial charge is 0.272 e. The minimum Gasteiger partial charge on any atom is -0.391 e. The molecule has 0 aliphatic carbocycles. The summed E-state index contributed by atoms with van der Waals surface area (Å²) in [7, 11) is 0. The Morgan fingerprint density at radius 2 is 2.22 bits per heavy atom. The normalized spacial score (nSPS) is 22.6. The zero-order valence-electron chi connectivity index (χ0n) is 10.5. The zero-order valence-corrected chi connectivity index (χ0v) is 11.3. The summed E-state index contributed by atoms with van der Waals surface area (Å²) < 4.78 is 0. The van der Waals surface area contributed by atoms with Crippen LogP contribution in [0.15, 0.2) is 0 Å². The predicted molar refractivity (Wildman–Crippen MR) is 70.0 cm³/mol. The van der Waals surface area contributed by atoms with Gasteiger partial charge in [0.15, 0.2) is 5.69 Å². The highest BCUT2D eigenvalue weighted by molar-refractivity contribution is 5.93. The Bertz CT molecular complexity index is 421. The molecule has 1 aliphatic rings. The van der Waals surface area contributed by atoms with Crippen LogP contribution in [0.5, 0.6) is 0 Å². The highest BCUT2D eigenvalue weighted by atomic mass is 35.5. The van der Waals surface area contributed by atoms with Crippen molar-refractivity contribution in [2.75, 3.05) is 19.6 Å². The summed E-state index contributed by atoms with van der Waals surface area (Å²) in [4.78, 5) is 11.8. The van der Waals surface area contributed by atoms with Crippen LogP contribution in [-0.4, -0.2) is 46.9 Å². The largest absolute Gasteiger partial charge is 0.391 e. The molecule has 18 heavy (non-hydrogen) atoms. The van der Waals surface area contributed by atoms with Gasteiger partial charge in [0.2, 0.25) is 0 Å². The fourth-order valence-corrected chi connectivity index (χ4v) is 1.94. The van der Waals surface area contributed by atoms with Crippen LogP contribution in [-0.2, 0) is 0 Å². The summed E-state index contributed by atoms with van der Waals surface area (Å²) in [5, 5.41) is 22.2. The lowest BCUT2D eigenvalue weighted by Crippen LogP contribution is -2.34. The minimum absolute atomic E-state index is 0. The molecule has 1 saturated heterocycles. The first-order chi connectivity index (χ1) is 8.09. The SMILES string of the molecule is Cc1[nH]nc(C(=O)NCC2CNCC2O)c1C.Cl. The molecule has 2 unspecified atom stereocenters. The quantitative estimate of drug-likeness (QED) is 0.612. The van der Waals surface area contributed by atoms with Crippen molar-refractivity contribution in [1.82, 2.24) is 20.8 Å². The Balaban J connectivity index is 0.00000162. The first-order valence-electron chi connectivity index (χ1n) is 5.78. The molecular formula is C11H19ClN4O2. The van der Waals surface area contributed by atoms with Gasteiger partial charge in [0.25, 0.3) is 5.91 Å². The third-order valence-corrected chi connectivity index (χ3v) is 3.30. The Morgan fingerprint density at radius 1 is 1.50 bits per heavy atom. The Hall–Kier alpha value is -1.11. The standard InChI is InChI=1S/C11H18N4O2.ClH/c1-6-7(2)14-15-10(6)11(17)13-4-8-3-12-5-9(8)16;/h8-9,12,16H,3-5H2,1-2H3,(H,13,17)(H,14,15);1H. The van der Waals surface area contributed by atoms with Gasteiger partial charge in [-0.3, -0.25) is 9.89 Å². The van der Waals surface area contributed by atoms with E-state index in [2.05, 4.69) is 20.8 Å². The molecule has 7 heteroatoms. The van der Waals surface area contributed by atoms with Crippen molar-refractivity contribution >= 4 is 18.3 Å². The molecule has 6 nitrogen and oxygen atoms in total. The summed E-state index contributed by atoms with van der Waals surface area (Å²) in [5.41, 5.74) is 2.20. The Labute approximate surface area is 112 Å². The van der Waals surface area contributed by atoms with Gasteiger partial charge in [-0.2, -0.15) is 5.10 Å². The maximum absolute atomic E-state index is 11.8. The van der Waals surface area contributed by atoms with Gasteiger partial charge in [0.1, 0.15) is 0 Å². The van der Waals surface area contributed by atoms with E-state index in [1.165, 1.54) is 0 Å². The van der Waals surface area contributed by atoms with Gasteiger partial charge in [-0.05, 0) is 13.8 Å². The third-order valence-electron chi connectivity index (χ3n) is 3.30. The molecule has 1 aliphatic heterocycles. The molecule has 0 aromatic carbocycles. The molecule has 2 rings (SSSR count). The number of hydrogen-bond acceptors (Lipinski definition) is 4. The molecule has 1 fully saturated rings. The number of hydrogen-bond donors (Lipinski definition) is 4. The van der Waals surface area contributed by atoms with Crippen molar-refractivity contribution in [3.8, 4) is 0 Å². The lowest BCUT2D eigenvalue weighted by atomic mass is 10.1. The van der Waals surface area contributed by atoms with Crippen molar-refractivity contribution in [3.63, 3.8) is 0 Å². The summed E-state index contributed by atoms with van der Waals surface area (Å²) in [6, 6.07) is 0. The van der Waals surface area contributed by atoms with Crippen LogP contribution in [0.4, 0.5) is 0 Å². The lowest BCUT2D eigenvalue weighted by molar-refractivity contribution is 0.0921. The molecule has 1 amide bonds. The van der Waals surface area contributed by atoms with E-state index in [1.807, 2.05) is 13.8 Å². The van der Waals surface area contributed by atoms with Crippen LogP contribution in [0.1, 0.15) is 21.7 Å². The van der Waals surface area contributed by atoms with E-state index >= 15 is 0 Å². The number of carbonyl (C=O) groups excluding carboxylic acids is 1. The van der Waals surface area contributed by atoms with Crippen LogP contribution >= 0.6 is 12.4 Å². The summed E-state index contributed by atoms with van der Waals surface area (Å²) in [5.74, 6) is -0.106. The molecule has 2 heterocycles. The molecule has 0 saturated carbocycles. The number of nitrogens with one attached hydrogen (secondary N) is 3. The Kier molecular flexibility index (Phi) is 5.13. The molecule has 1 aromatic heterocycles. The molecule has 1 aromatic rings. The molecule has 0 bridgehead atoms. The van der Waals surface area contributed by atoms with Gasteiger partial charge in [0.05, 0.1) is 6.10 Å². The van der Waals surface area contributed by atoms with Gasteiger partial charge < -0.3 is 15.7 Å². The molecule has 2 atom stereocenters. The first kappa shape index (κ1) is 14.9. The molecule has 0 spiro atoms. The molecule has 102 valence electrons. The second-order valence-electron chi connectivity index (χ2n) is 4.52. The third kappa shape index (κ3) is 3.01. The second-order valence-corrected chi connectivity index (χ2v) is 4.52. The van der Waals surface area contributed by atoms with Crippen LogP contribution in [0, 0.1) is 19.8 Å². The van der Waals surface area contributed by atoms with Gasteiger partial charge in [0, 0.05) is 36.8 Å². The molecule has 4 N–H and O–H groups in total. The van der Waals surface area contributed by atoms with Crippen LogP contribution in [0.2, 0.25) is 0 Å². The number of aliphatic hydroxyl groups is 1. The molecular weight excluding hydrogens is 256 g/mol. The average molecular weight is 275 g/mol. The second kappa shape index (κ2) is 6.17. The van der Waals surface area contributed by atoms with E-state index in [9.17, 15) is 9.90 Å². The van der Waals surface area contributed by atoms with Crippen molar-refractivity contribution in [2.45, 2.75) is 20.0 Å². The van der Waals surface area contributed by atoms with Gasteiger partial charge in [-0.15, -0.1) is 12.4 Å². The van der Waals surface area contributed by atoms with E-state index in [-0.39, 0.29) is 30.3 Å². The van der Waals surface area contributed by atoms with E-state index in [4.69, 9.17) is 0 Å². The summed E-state index contributed by atoms with van der Waals surface area (Å²) in [6.45, 7) is 5.54. The number of aromatic amines is 1. The number of H-pyrrole nitrogens is 1. The van der Waals surface area contributed by atoms with Crippen LogP contribution in [0.3, 0.4) is 0 Å². The van der Waals surface area contributed by atoms with Crippen molar-refractivity contribution in [2.24, 2.45) is 5.92 Å². The van der Waals surface area contributed by atoms with E-state index in [0.717, 1.165) is 17.8 Å². The highest BCUT2D eigenvalue weighted by Gasteiger charge is 2.25. The number of amides is 1. The number of aliphatic hydroxyl groups excluding tert-OH is 1. The van der Waals surface area contributed by atoms with E-state index < -0.39 is 0 Å². The first-order valence-corrected chi connectivity index (χ1v) is 5.78. The minimum atomic E-state index is -0.377. The summed E-state index contributed by atoms with van der Waals surface area (Å²) >= 11 is 0. The average Bonchev–Trinajstić information content (AvgIpc) is 2.84. The topological polar surface area (TPSA) is 90.0 Å². The number of rotatable bonds is 3. The lowest BCUT2D eigenvalue weighted by Gasteiger charge is -2.13. The van der Waals surface area contributed by atoms with Gasteiger partial charge >= 0.3 is 0 Å². The van der Waals surface area contributed by atoms with E-state index in [0.29, 0.717) is 18.8 Å². The van der Waals surface area contributed by atoms with Gasteiger partial charge in [-0.1, -0.05) is 0 Å². The highest BCUT2D eigenvalue weighted by Crippen LogP contribution is 2.10. The predicted octanol–water partition coefficient (Wildman–Crippen LogP) is -0.242. The number of aromatic nitrogens is 2. The number of halogens is 1. The van der Waals surface area contributed by atoms with Crippen molar-refractivity contribution in [1.29, 1.82) is 0 Å². The molecule has 0 radical (unpaired) electrons.